The number of piperidine rings is 3. The van der Waals surface area contributed by atoms with Gasteiger partial charge in [0.15, 0.2) is 11.5 Å². The van der Waals surface area contributed by atoms with Gasteiger partial charge in [0, 0.05) is 25.6 Å². The minimum Gasteiger partial charge on any atom is -0.454 e. The van der Waals surface area contributed by atoms with Crippen molar-refractivity contribution in [2.75, 3.05) is 26.4 Å². The van der Waals surface area contributed by atoms with Gasteiger partial charge in [-0.15, -0.1) is 0 Å². The highest BCUT2D eigenvalue weighted by atomic mass is 16.7. The molecule has 7 rings (SSSR count). The molecule has 7 heteroatoms. The molecular weight excluding hydrogens is 356 g/mol. The van der Waals surface area contributed by atoms with Crippen LogP contribution in [0.4, 0.5) is 0 Å². The second-order valence-electron chi connectivity index (χ2n) is 8.42. The lowest BCUT2D eigenvalue weighted by atomic mass is 9.75. The van der Waals surface area contributed by atoms with Gasteiger partial charge in [-0.1, -0.05) is 6.07 Å². The number of imidazole rings is 1. The van der Waals surface area contributed by atoms with E-state index in [1.54, 1.807) is 12.5 Å². The standard InChI is InChI=1S/C21H24N4O3/c1-23-11-22-9-16(23)21(26)25-10-15(14-2-3-17-18(8-14)28-12-27-17)20-19(25)13-4-6-24(20)7-5-13/h2-3,8-9,11,13,15,19-20H,4-7,10,12H2,1H3/t15-,19+,20+/m1/s1. The molecule has 1 aromatic heterocycles. The molecule has 1 aromatic carbocycles. The fourth-order valence-electron chi connectivity index (χ4n) is 5.80. The Morgan fingerprint density at radius 1 is 1.14 bits per heavy atom. The molecule has 3 atom stereocenters. The molecule has 0 aliphatic carbocycles. The van der Waals surface area contributed by atoms with Gasteiger partial charge in [-0.2, -0.15) is 0 Å². The summed E-state index contributed by atoms with van der Waals surface area (Å²) in [5, 5.41) is 0. The van der Waals surface area contributed by atoms with Gasteiger partial charge < -0.3 is 18.9 Å². The van der Waals surface area contributed by atoms with Gasteiger partial charge >= 0.3 is 0 Å². The van der Waals surface area contributed by atoms with Gasteiger partial charge in [-0.3, -0.25) is 9.69 Å². The smallest absolute Gasteiger partial charge is 0.272 e. The number of rotatable bonds is 2. The summed E-state index contributed by atoms with van der Waals surface area (Å²) < 4.78 is 12.9. The Balaban J connectivity index is 1.39. The predicted molar refractivity (Wildman–Crippen MR) is 101 cm³/mol. The summed E-state index contributed by atoms with van der Waals surface area (Å²) in [5.74, 6) is 2.62. The van der Waals surface area contributed by atoms with Gasteiger partial charge in [0.1, 0.15) is 5.69 Å². The number of benzene rings is 1. The Labute approximate surface area is 163 Å². The zero-order valence-corrected chi connectivity index (χ0v) is 16.0. The number of fused-ring (bicyclic) bond motifs is 3. The van der Waals surface area contributed by atoms with E-state index in [1.165, 1.54) is 18.4 Å². The molecule has 0 unspecified atom stereocenters. The first kappa shape index (κ1) is 16.4. The van der Waals surface area contributed by atoms with Crippen molar-refractivity contribution in [2.45, 2.75) is 30.8 Å². The van der Waals surface area contributed by atoms with Crippen molar-refractivity contribution in [3.63, 3.8) is 0 Å². The molecule has 1 amide bonds. The molecule has 0 saturated carbocycles. The van der Waals surface area contributed by atoms with Gasteiger partial charge in [0.2, 0.25) is 6.79 Å². The predicted octanol–water partition coefficient (Wildman–Crippen LogP) is 1.85. The molecule has 0 N–H and O–H groups in total. The van der Waals surface area contributed by atoms with Crippen molar-refractivity contribution in [3.05, 3.63) is 42.0 Å². The molecule has 7 nitrogen and oxygen atoms in total. The van der Waals surface area contributed by atoms with E-state index in [2.05, 4.69) is 26.9 Å². The topological polar surface area (TPSA) is 59.8 Å². The number of aromatic nitrogens is 2. The van der Waals surface area contributed by atoms with E-state index in [0.29, 0.717) is 23.6 Å². The van der Waals surface area contributed by atoms with Crippen molar-refractivity contribution in [2.24, 2.45) is 13.0 Å². The van der Waals surface area contributed by atoms with E-state index in [9.17, 15) is 4.79 Å². The highest BCUT2D eigenvalue weighted by Crippen LogP contribution is 2.48. The third-order valence-electron chi connectivity index (χ3n) is 7.12. The second kappa shape index (κ2) is 5.98. The van der Waals surface area contributed by atoms with Gasteiger partial charge in [-0.25, -0.2) is 4.98 Å². The van der Waals surface area contributed by atoms with Crippen LogP contribution in [-0.4, -0.2) is 63.8 Å². The summed E-state index contributed by atoms with van der Waals surface area (Å²) >= 11 is 0. The van der Waals surface area contributed by atoms with Gasteiger partial charge in [0.05, 0.1) is 18.6 Å². The van der Waals surface area contributed by atoms with Crippen LogP contribution in [0.15, 0.2) is 30.7 Å². The number of aryl methyl sites for hydroxylation is 1. The number of nitrogens with zero attached hydrogens (tertiary/aromatic N) is 4. The van der Waals surface area contributed by atoms with Crippen molar-refractivity contribution in [1.29, 1.82) is 0 Å². The first-order valence-electron chi connectivity index (χ1n) is 10.1. The number of likely N-dealkylation sites (tertiary alicyclic amines) is 1. The molecule has 146 valence electrons. The van der Waals surface area contributed by atoms with Crippen molar-refractivity contribution in [1.82, 2.24) is 19.4 Å². The largest absolute Gasteiger partial charge is 0.454 e. The fourth-order valence-corrected chi connectivity index (χ4v) is 5.80. The summed E-state index contributed by atoms with van der Waals surface area (Å²) in [4.78, 5) is 22.3. The zero-order valence-electron chi connectivity index (χ0n) is 16.0. The van der Waals surface area contributed by atoms with Crippen LogP contribution < -0.4 is 9.47 Å². The molecule has 0 spiro atoms. The SMILES string of the molecule is Cn1cncc1C(=O)N1C[C@H](c2ccc3c(c2)OCO3)[C@H]2[C@@H]1C1CCN2CC1. The van der Waals surface area contributed by atoms with Crippen LogP contribution in [0.1, 0.15) is 34.8 Å². The number of carbonyl (C=O) groups excluding carboxylic acids is 1. The lowest BCUT2D eigenvalue weighted by molar-refractivity contribution is -0.00369. The second-order valence-corrected chi connectivity index (χ2v) is 8.42. The summed E-state index contributed by atoms with van der Waals surface area (Å²) in [5.41, 5.74) is 1.91. The molecule has 2 bridgehead atoms. The molecule has 6 heterocycles. The van der Waals surface area contributed by atoms with E-state index in [0.717, 1.165) is 31.1 Å². The molecule has 5 aliphatic heterocycles. The molecule has 4 saturated heterocycles. The van der Waals surface area contributed by atoms with Crippen molar-refractivity contribution < 1.29 is 14.3 Å². The maximum atomic E-state index is 13.4. The summed E-state index contributed by atoms with van der Waals surface area (Å²) in [6.07, 6.45) is 5.76. The molecule has 28 heavy (non-hydrogen) atoms. The first-order valence-corrected chi connectivity index (χ1v) is 10.1. The van der Waals surface area contributed by atoms with E-state index >= 15 is 0 Å². The van der Waals surface area contributed by atoms with E-state index in [-0.39, 0.29) is 18.7 Å². The minimum absolute atomic E-state index is 0.104. The maximum absolute atomic E-state index is 13.4. The molecule has 4 fully saturated rings. The third kappa shape index (κ3) is 2.25. The Kier molecular flexibility index (Phi) is 3.50. The average Bonchev–Trinajstić information content (AvgIpc) is 3.46. The maximum Gasteiger partial charge on any atom is 0.272 e. The first-order chi connectivity index (χ1) is 13.7. The van der Waals surface area contributed by atoms with Crippen LogP contribution in [-0.2, 0) is 7.05 Å². The van der Waals surface area contributed by atoms with Gasteiger partial charge in [-0.05, 0) is 49.5 Å². The van der Waals surface area contributed by atoms with E-state index in [1.807, 2.05) is 17.7 Å². The Morgan fingerprint density at radius 3 is 2.75 bits per heavy atom. The van der Waals surface area contributed by atoms with Crippen molar-refractivity contribution >= 4 is 5.91 Å². The molecular formula is C21H24N4O3. The van der Waals surface area contributed by atoms with Crippen LogP contribution in [0.3, 0.4) is 0 Å². The number of hydrogen-bond donors (Lipinski definition) is 0. The van der Waals surface area contributed by atoms with Crippen LogP contribution >= 0.6 is 0 Å². The number of ether oxygens (including phenoxy) is 2. The third-order valence-corrected chi connectivity index (χ3v) is 7.12. The normalized spacial score (nSPS) is 32.6. The number of hydrogen-bond acceptors (Lipinski definition) is 5. The summed E-state index contributed by atoms with van der Waals surface area (Å²) in [6, 6.07) is 6.93. The molecule has 5 aliphatic rings. The lowest BCUT2D eigenvalue weighted by Gasteiger charge is -2.51. The minimum atomic E-state index is 0.104. The highest BCUT2D eigenvalue weighted by Gasteiger charge is 2.55. The Bertz CT molecular complexity index is 933. The summed E-state index contributed by atoms with van der Waals surface area (Å²) in [6.45, 7) is 3.31. The van der Waals surface area contributed by atoms with Crippen molar-refractivity contribution in [3.8, 4) is 11.5 Å². The van der Waals surface area contributed by atoms with Gasteiger partial charge in [0.25, 0.3) is 5.91 Å². The van der Waals surface area contributed by atoms with E-state index < -0.39 is 0 Å². The number of carbonyl (C=O) groups is 1. The zero-order chi connectivity index (χ0) is 18.8. The average molecular weight is 380 g/mol. The molecule has 0 radical (unpaired) electrons. The Hall–Kier alpha value is -2.54. The Morgan fingerprint density at radius 2 is 1.96 bits per heavy atom. The fraction of sp³-hybridized carbons (Fsp3) is 0.524. The van der Waals surface area contributed by atoms with Crippen LogP contribution in [0, 0.1) is 5.92 Å². The number of amides is 1. The summed E-state index contributed by atoms with van der Waals surface area (Å²) in [7, 11) is 1.89. The van der Waals surface area contributed by atoms with Crippen LogP contribution in [0.2, 0.25) is 0 Å². The quantitative estimate of drug-likeness (QED) is 0.796. The molecule has 2 aromatic rings. The monoisotopic (exact) mass is 380 g/mol. The lowest BCUT2D eigenvalue weighted by Crippen LogP contribution is -2.60. The van der Waals surface area contributed by atoms with E-state index in [4.69, 9.17) is 9.47 Å². The van der Waals surface area contributed by atoms with Crippen LogP contribution in [0.25, 0.3) is 0 Å². The highest BCUT2D eigenvalue weighted by molar-refractivity contribution is 5.93. The van der Waals surface area contributed by atoms with Crippen LogP contribution in [0.5, 0.6) is 11.5 Å².